The molecule has 1 aliphatic rings. The van der Waals surface area contributed by atoms with Crippen molar-refractivity contribution in [3.8, 4) is 17.7 Å². The number of benzene rings is 1. The molecule has 3 rings (SSSR count). The Kier molecular flexibility index (Phi) is 8.67. The highest BCUT2D eigenvalue weighted by Gasteiger charge is 2.34. The number of carbonyl (C=O) groups is 2. The van der Waals surface area contributed by atoms with Crippen molar-refractivity contribution in [3.63, 3.8) is 0 Å². The van der Waals surface area contributed by atoms with Crippen LogP contribution in [0.1, 0.15) is 59.9 Å². The SMILES string of the molecule is CCCC#Cc1cnc2c(c1)C(=O)N([C@@H](C)CO)C[C@H](C)[C@H](CN(C)C(=O)c1ccccc1)O2. The van der Waals surface area contributed by atoms with E-state index in [4.69, 9.17) is 4.74 Å². The molecule has 0 bridgehead atoms. The highest BCUT2D eigenvalue weighted by Crippen LogP contribution is 2.27. The average Bonchev–Trinajstić information content (AvgIpc) is 2.86. The minimum atomic E-state index is -0.401. The van der Waals surface area contributed by atoms with Crippen molar-refractivity contribution in [2.45, 2.75) is 45.8 Å². The maximum absolute atomic E-state index is 13.4. The van der Waals surface area contributed by atoms with Crippen LogP contribution in [0.5, 0.6) is 5.88 Å². The number of fused-ring (bicyclic) bond motifs is 1. The molecule has 3 atom stereocenters. The second kappa shape index (κ2) is 11.7. The smallest absolute Gasteiger partial charge is 0.259 e. The van der Waals surface area contributed by atoms with Crippen LogP contribution in [0.25, 0.3) is 0 Å². The van der Waals surface area contributed by atoms with Crippen LogP contribution < -0.4 is 4.74 Å². The molecule has 7 heteroatoms. The summed E-state index contributed by atoms with van der Waals surface area (Å²) in [7, 11) is 1.74. The van der Waals surface area contributed by atoms with Crippen LogP contribution in [0.3, 0.4) is 0 Å². The van der Waals surface area contributed by atoms with E-state index in [1.54, 1.807) is 41.2 Å². The molecular weight excluding hydrogens is 430 g/mol. The van der Waals surface area contributed by atoms with E-state index in [0.717, 1.165) is 12.8 Å². The third-order valence-electron chi connectivity index (χ3n) is 5.95. The predicted molar refractivity (Wildman–Crippen MR) is 131 cm³/mol. The van der Waals surface area contributed by atoms with Gasteiger partial charge in [0.2, 0.25) is 5.88 Å². The van der Waals surface area contributed by atoms with Gasteiger partial charge in [0, 0.05) is 43.3 Å². The Morgan fingerprint density at radius 1 is 1.35 bits per heavy atom. The lowest BCUT2D eigenvalue weighted by atomic mass is 9.99. The van der Waals surface area contributed by atoms with E-state index >= 15 is 0 Å². The lowest BCUT2D eigenvalue weighted by Gasteiger charge is -2.37. The van der Waals surface area contributed by atoms with E-state index in [9.17, 15) is 14.7 Å². The Bertz CT molecular complexity index is 1060. The zero-order chi connectivity index (χ0) is 24.7. The molecule has 180 valence electrons. The van der Waals surface area contributed by atoms with Crippen molar-refractivity contribution in [2.75, 3.05) is 26.7 Å². The number of pyridine rings is 1. The van der Waals surface area contributed by atoms with Crippen molar-refractivity contribution in [1.29, 1.82) is 0 Å². The number of aromatic nitrogens is 1. The van der Waals surface area contributed by atoms with Crippen molar-refractivity contribution in [1.82, 2.24) is 14.8 Å². The lowest BCUT2D eigenvalue weighted by Crippen LogP contribution is -2.50. The number of amides is 2. The summed E-state index contributed by atoms with van der Waals surface area (Å²) < 4.78 is 6.26. The number of likely N-dealkylation sites (N-methyl/N-ethyl adjacent to an activating group) is 1. The predicted octanol–water partition coefficient (Wildman–Crippen LogP) is 3.23. The van der Waals surface area contributed by atoms with Crippen molar-refractivity contribution >= 4 is 11.8 Å². The molecule has 1 N–H and O–H groups in total. The molecule has 2 aromatic rings. The summed E-state index contributed by atoms with van der Waals surface area (Å²) >= 11 is 0. The fraction of sp³-hybridized carbons (Fsp3) is 0.444. The summed E-state index contributed by atoms with van der Waals surface area (Å²) in [5.41, 5.74) is 1.56. The molecule has 0 unspecified atom stereocenters. The Balaban J connectivity index is 1.93. The van der Waals surface area contributed by atoms with Gasteiger partial charge < -0.3 is 19.6 Å². The van der Waals surface area contributed by atoms with Gasteiger partial charge in [-0.3, -0.25) is 9.59 Å². The second-order valence-electron chi connectivity index (χ2n) is 8.80. The summed E-state index contributed by atoms with van der Waals surface area (Å²) in [5, 5.41) is 9.79. The minimum Gasteiger partial charge on any atom is -0.472 e. The highest BCUT2D eigenvalue weighted by atomic mass is 16.5. The Hall–Kier alpha value is -3.37. The second-order valence-corrected chi connectivity index (χ2v) is 8.80. The molecule has 0 saturated heterocycles. The summed E-state index contributed by atoms with van der Waals surface area (Å²) in [6.45, 7) is 6.39. The highest BCUT2D eigenvalue weighted by molar-refractivity contribution is 5.97. The van der Waals surface area contributed by atoms with Crippen molar-refractivity contribution in [3.05, 3.63) is 59.3 Å². The van der Waals surface area contributed by atoms with Gasteiger partial charge in [-0.2, -0.15) is 0 Å². The molecule has 0 spiro atoms. The molecule has 2 heterocycles. The van der Waals surface area contributed by atoms with Crippen LogP contribution in [0.4, 0.5) is 0 Å². The van der Waals surface area contributed by atoms with Gasteiger partial charge in [-0.15, -0.1) is 0 Å². The molecule has 2 amide bonds. The number of unbranched alkanes of at least 4 members (excludes halogenated alkanes) is 1. The Labute approximate surface area is 201 Å². The van der Waals surface area contributed by atoms with E-state index in [0.29, 0.717) is 29.8 Å². The molecule has 7 nitrogen and oxygen atoms in total. The zero-order valence-electron chi connectivity index (χ0n) is 20.3. The largest absolute Gasteiger partial charge is 0.472 e. The number of hydrogen-bond acceptors (Lipinski definition) is 5. The summed E-state index contributed by atoms with van der Waals surface area (Å²) in [5.74, 6) is 5.89. The van der Waals surface area contributed by atoms with Crippen molar-refractivity contribution in [2.24, 2.45) is 5.92 Å². The topological polar surface area (TPSA) is 83.0 Å². The van der Waals surface area contributed by atoms with E-state index in [1.165, 1.54) is 0 Å². The minimum absolute atomic E-state index is 0.107. The summed E-state index contributed by atoms with van der Waals surface area (Å²) in [6.07, 6.45) is 2.92. The number of aliphatic hydroxyl groups excluding tert-OH is 1. The zero-order valence-corrected chi connectivity index (χ0v) is 20.3. The van der Waals surface area contributed by atoms with Crippen LogP contribution >= 0.6 is 0 Å². The standard InChI is InChI=1S/C27H33N3O4/c1-5-6-8-11-21-14-23-25(28-15-21)34-24(19(2)16-30(27(23)33)20(3)18-31)17-29(4)26(32)22-12-9-7-10-13-22/h7,9-10,12-15,19-20,24,31H,5-6,16-18H2,1-4H3/t19-,20-,24-/m0/s1. The number of ether oxygens (including phenoxy) is 1. The number of nitrogens with zero attached hydrogens (tertiary/aromatic N) is 3. The molecule has 1 aliphatic heterocycles. The van der Waals surface area contributed by atoms with E-state index in [2.05, 4.69) is 23.7 Å². The number of rotatable bonds is 6. The third kappa shape index (κ3) is 5.95. The molecule has 34 heavy (non-hydrogen) atoms. The number of hydrogen-bond donors (Lipinski definition) is 1. The first-order valence-electron chi connectivity index (χ1n) is 11.7. The van der Waals surface area contributed by atoms with Gasteiger partial charge in [0.15, 0.2) is 0 Å². The van der Waals surface area contributed by atoms with Gasteiger partial charge in [0.05, 0.1) is 19.2 Å². The number of aliphatic hydroxyl groups is 1. The molecule has 0 fully saturated rings. The first-order valence-corrected chi connectivity index (χ1v) is 11.7. The van der Waals surface area contributed by atoms with Gasteiger partial charge in [-0.05, 0) is 31.5 Å². The van der Waals surface area contributed by atoms with Crippen molar-refractivity contribution < 1.29 is 19.4 Å². The fourth-order valence-corrected chi connectivity index (χ4v) is 3.83. The van der Waals surface area contributed by atoms with Crippen LogP contribution in [0.15, 0.2) is 42.6 Å². The van der Waals surface area contributed by atoms with E-state index in [-0.39, 0.29) is 36.3 Å². The maximum atomic E-state index is 13.4. The third-order valence-corrected chi connectivity index (χ3v) is 5.95. The first-order chi connectivity index (χ1) is 16.3. The van der Waals surface area contributed by atoms with Crippen LogP contribution in [-0.4, -0.2) is 70.6 Å². The average molecular weight is 464 g/mol. The molecule has 1 aromatic heterocycles. The first kappa shape index (κ1) is 25.3. The summed E-state index contributed by atoms with van der Waals surface area (Å²) in [4.78, 5) is 34.0. The summed E-state index contributed by atoms with van der Waals surface area (Å²) in [6, 6.07) is 10.4. The molecule has 0 radical (unpaired) electrons. The molecule has 0 aliphatic carbocycles. The van der Waals surface area contributed by atoms with E-state index in [1.807, 2.05) is 32.0 Å². The van der Waals surface area contributed by atoms with Crippen LogP contribution in [0.2, 0.25) is 0 Å². The Morgan fingerprint density at radius 2 is 2.09 bits per heavy atom. The molecular formula is C27H33N3O4. The molecule has 1 aromatic carbocycles. The van der Waals surface area contributed by atoms with Gasteiger partial charge in [0.1, 0.15) is 11.7 Å². The Morgan fingerprint density at radius 3 is 2.76 bits per heavy atom. The number of carbonyl (C=O) groups excluding carboxylic acids is 2. The van der Waals surface area contributed by atoms with Gasteiger partial charge in [-0.1, -0.05) is 43.9 Å². The van der Waals surface area contributed by atoms with E-state index < -0.39 is 6.10 Å². The van der Waals surface area contributed by atoms with Gasteiger partial charge >= 0.3 is 0 Å². The quantitative estimate of drug-likeness (QED) is 0.665. The molecule has 0 saturated carbocycles. The van der Waals surface area contributed by atoms with Crippen LogP contribution in [0, 0.1) is 17.8 Å². The fourth-order valence-electron chi connectivity index (χ4n) is 3.83. The van der Waals surface area contributed by atoms with Gasteiger partial charge in [0.25, 0.3) is 11.8 Å². The lowest BCUT2D eigenvalue weighted by molar-refractivity contribution is 0.0313. The monoisotopic (exact) mass is 463 g/mol. The normalized spacial score (nSPS) is 18.5. The maximum Gasteiger partial charge on any atom is 0.259 e. The van der Waals surface area contributed by atoms with Gasteiger partial charge in [-0.25, -0.2) is 4.98 Å². The van der Waals surface area contributed by atoms with Crippen LogP contribution in [-0.2, 0) is 0 Å².